The molecule has 1 unspecified atom stereocenters. The Bertz CT molecular complexity index is 1140. The Hall–Kier alpha value is -3.87. The summed E-state index contributed by atoms with van der Waals surface area (Å²) in [6.45, 7) is 2.29. The molecule has 1 N–H and O–H groups in total. The van der Waals surface area contributed by atoms with Gasteiger partial charge in [0.15, 0.2) is 0 Å². The first kappa shape index (κ1) is 20.4. The molecule has 0 radical (unpaired) electrons. The van der Waals surface area contributed by atoms with Crippen LogP contribution in [0.2, 0.25) is 0 Å². The molecule has 1 aliphatic heterocycles. The Morgan fingerprint density at radius 3 is 2.48 bits per heavy atom. The largest absolute Gasteiger partial charge is 0.507 e. The molecular weight excluding hydrogens is 401 g/mol. The van der Waals surface area contributed by atoms with Crippen LogP contribution >= 0.6 is 0 Å². The van der Waals surface area contributed by atoms with Crippen LogP contribution in [-0.2, 0) is 16.1 Å². The number of hydrogen-bond acceptors (Lipinski definition) is 5. The number of nitrogens with zero attached hydrogens (tertiary/aromatic N) is 1. The minimum absolute atomic E-state index is 0.0450. The van der Waals surface area contributed by atoms with Gasteiger partial charge in [0.1, 0.15) is 23.1 Å². The van der Waals surface area contributed by atoms with Crippen molar-refractivity contribution >= 4 is 17.4 Å². The molecule has 7 heteroatoms. The van der Waals surface area contributed by atoms with Crippen molar-refractivity contribution < 1.29 is 28.2 Å². The van der Waals surface area contributed by atoms with E-state index in [1.165, 1.54) is 29.4 Å². The number of amides is 1. The molecule has 6 nitrogen and oxygen atoms in total. The van der Waals surface area contributed by atoms with Gasteiger partial charge < -0.3 is 19.2 Å². The van der Waals surface area contributed by atoms with Gasteiger partial charge in [-0.2, -0.15) is 0 Å². The van der Waals surface area contributed by atoms with Gasteiger partial charge in [-0.1, -0.05) is 18.2 Å². The quantitative estimate of drug-likeness (QED) is 0.362. The van der Waals surface area contributed by atoms with Gasteiger partial charge in [-0.3, -0.25) is 9.59 Å². The molecule has 1 amide bonds. The number of ketones is 1. The molecule has 0 aliphatic carbocycles. The van der Waals surface area contributed by atoms with Crippen molar-refractivity contribution in [3.8, 4) is 5.75 Å². The molecule has 31 heavy (non-hydrogen) atoms. The lowest BCUT2D eigenvalue weighted by molar-refractivity contribution is -0.140. The molecule has 1 fully saturated rings. The van der Waals surface area contributed by atoms with Crippen LogP contribution < -0.4 is 4.74 Å². The van der Waals surface area contributed by atoms with E-state index in [9.17, 15) is 19.1 Å². The van der Waals surface area contributed by atoms with Crippen LogP contribution in [0.1, 0.15) is 29.9 Å². The number of aliphatic hydroxyl groups is 1. The van der Waals surface area contributed by atoms with Crippen LogP contribution in [0, 0.1) is 5.82 Å². The molecule has 0 saturated carbocycles. The summed E-state index contributed by atoms with van der Waals surface area (Å²) in [5.41, 5.74) is 0.257. The molecule has 158 valence electrons. The monoisotopic (exact) mass is 421 g/mol. The molecule has 0 bridgehead atoms. The first-order valence-electron chi connectivity index (χ1n) is 9.79. The van der Waals surface area contributed by atoms with E-state index in [1.54, 1.807) is 42.5 Å². The molecule has 3 aromatic rings. The fraction of sp³-hybridized carbons (Fsp3) is 0.167. The third-order valence-electron chi connectivity index (χ3n) is 5.08. The number of aliphatic hydroxyl groups excluding tert-OH is 1. The third kappa shape index (κ3) is 3.82. The van der Waals surface area contributed by atoms with E-state index in [-0.39, 0.29) is 23.4 Å². The van der Waals surface area contributed by atoms with Gasteiger partial charge in [-0.05, 0) is 49.4 Å². The highest BCUT2D eigenvalue weighted by Crippen LogP contribution is 2.41. The maximum absolute atomic E-state index is 14.7. The molecule has 1 atom stereocenters. The second kappa shape index (κ2) is 8.47. The van der Waals surface area contributed by atoms with Crippen molar-refractivity contribution in [2.24, 2.45) is 0 Å². The molecule has 4 rings (SSSR count). The van der Waals surface area contributed by atoms with Gasteiger partial charge in [0.2, 0.25) is 0 Å². The molecule has 1 aliphatic rings. The molecule has 0 spiro atoms. The minimum Gasteiger partial charge on any atom is -0.507 e. The number of rotatable bonds is 6. The van der Waals surface area contributed by atoms with Gasteiger partial charge in [0.05, 0.1) is 31.0 Å². The fourth-order valence-electron chi connectivity index (χ4n) is 3.66. The van der Waals surface area contributed by atoms with Crippen LogP contribution in [0.3, 0.4) is 0 Å². The van der Waals surface area contributed by atoms with E-state index in [2.05, 4.69) is 0 Å². The van der Waals surface area contributed by atoms with Crippen molar-refractivity contribution in [2.45, 2.75) is 19.5 Å². The average Bonchev–Trinajstić information content (AvgIpc) is 3.37. The maximum atomic E-state index is 14.7. The zero-order valence-corrected chi connectivity index (χ0v) is 16.7. The first-order valence-corrected chi connectivity index (χ1v) is 9.79. The third-order valence-corrected chi connectivity index (χ3v) is 5.08. The zero-order valence-electron chi connectivity index (χ0n) is 16.7. The number of furan rings is 1. The Balaban J connectivity index is 1.84. The Morgan fingerprint density at radius 2 is 1.84 bits per heavy atom. The van der Waals surface area contributed by atoms with E-state index >= 15 is 0 Å². The second-order valence-corrected chi connectivity index (χ2v) is 6.99. The normalized spacial score (nSPS) is 17.9. The summed E-state index contributed by atoms with van der Waals surface area (Å²) < 4.78 is 25.4. The summed E-state index contributed by atoms with van der Waals surface area (Å²) in [5.74, 6) is -1.65. The fourth-order valence-corrected chi connectivity index (χ4v) is 3.66. The summed E-state index contributed by atoms with van der Waals surface area (Å²) in [6.07, 6.45) is 1.45. The van der Waals surface area contributed by atoms with Crippen molar-refractivity contribution in [3.05, 3.63) is 95.2 Å². The Labute approximate surface area is 178 Å². The van der Waals surface area contributed by atoms with Gasteiger partial charge in [0, 0.05) is 11.1 Å². The summed E-state index contributed by atoms with van der Waals surface area (Å²) in [7, 11) is 0. The Morgan fingerprint density at radius 1 is 1.10 bits per heavy atom. The van der Waals surface area contributed by atoms with Crippen molar-refractivity contribution in [3.63, 3.8) is 0 Å². The van der Waals surface area contributed by atoms with E-state index < -0.39 is 23.5 Å². The van der Waals surface area contributed by atoms with Crippen molar-refractivity contribution in [1.82, 2.24) is 4.90 Å². The smallest absolute Gasteiger partial charge is 0.296 e. The highest BCUT2D eigenvalue weighted by Gasteiger charge is 2.47. The van der Waals surface area contributed by atoms with Gasteiger partial charge in [0.25, 0.3) is 11.7 Å². The lowest BCUT2D eigenvalue weighted by atomic mass is 9.95. The highest BCUT2D eigenvalue weighted by molar-refractivity contribution is 6.46. The first-order chi connectivity index (χ1) is 15.0. The number of halogens is 1. The summed E-state index contributed by atoms with van der Waals surface area (Å²) in [5, 5.41) is 11.0. The van der Waals surface area contributed by atoms with Gasteiger partial charge in [-0.15, -0.1) is 0 Å². The van der Waals surface area contributed by atoms with Crippen LogP contribution in [-0.4, -0.2) is 28.3 Å². The van der Waals surface area contributed by atoms with Crippen LogP contribution in [0.5, 0.6) is 5.75 Å². The van der Waals surface area contributed by atoms with E-state index in [0.717, 1.165) is 0 Å². The highest BCUT2D eigenvalue weighted by atomic mass is 19.1. The van der Waals surface area contributed by atoms with E-state index in [0.29, 0.717) is 23.7 Å². The van der Waals surface area contributed by atoms with E-state index in [1.807, 2.05) is 6.92 Å². The molecule has 1 saturated heterocycles. The number of hydrogen-bond donors (Lipinski definition) is 1. The predicted octanol–water partition coefficient (Wildman–Crippen LogP) is 4.44. The lowest BCUT2D eigenvalue weighted by Gasteiger charge is -2.24. The Kier molecular flexibility index (Phi) is 5.58. The number of carbonyl (C=O) groups is 2. The number of ether oxygens (including phenoxy) is 1. The summed E-state index contributed by atoms with van der Waals surface area (Å²) >= 11 is 0. The minimum atomic E-state index is -1.10. The maximum Gasteiger partial charge on any atom is 0.296 e. The predicted molar refractivity (Wildman–Crippen MR) is 111 cm³/mol. The average molecular weight is 421 g/mol. The van der Waals surface area contributed by atoms with Crippen LogP contribution in [0.15, 0.2) is 76.9 Å². The van der Waals surface area contributed by atoms with Crippen LogP contribution in [0.4, 0.5) is 4.39 Å². The van der Waals surface area contributed by atoms with E-state index in [4.69, 9.17) is 9.15 Å². The molecule has 1 aromatic heterocycles. The second-order valence-electron chi connectivity index (χ2n) is 6.99. The summed E-state index contributed by atoms with van der Waals surface area (Å²) in [4.78, 5) is 27.0. The van der Waals surface area contributed by atoms with Gasteiger partial charge in [-0.25, -0.2) is 4.39 Å². The molecular formula is C24H20FNO5. The number of likely N-dealkylation sites (tertiary alicyclic amines) is 1. The topological polar surface area (TPSA) is 80.0 Å². The number of benzene rings is 2. The lowest BCUT2D eigenvalue weighted by Crippen LogP contribution is -2.29. The van der Waals surface area contributed by atoms with Crippen molar-refractivity contribution in [1.29, 1.82) is 0 Å². The van der Waals surface area contributed by atoms with Crippen LogP contribution in [0.25, 0.3) is 5.76 Å². The number of Topliss-reactive ketones (excluding diaryl/α,β-unsaturated/α-hetero) is 1. The molecule has 2 aromatic carbocycles. The van der Waals surface area contributed by atoms with Gasteiger partial charge >= 0.3 is 0 Å². The number of carbonyl (C=O) groups excluding carboxylic acids is 2. The zero-order chi connectivity index (χ0) is 22.0. The molecule has 2 heterocycles. The SMILES string of the molecule is CCOc1ccc(C(O)=C2C(=O)C(=O)N(Cc3ccco3)C2c2ccccc2F)cc1. The standard InChI is InChI=1S/C24H20FNO5/c1-2-30-16-11-9-15(10-12-16)22(27)20-21(18-7-3-4-8-19(18)25)26(24(29)23(20)28)14-17-6-5-13-31-17/h3-13,21,27H,2,14H2,1H3. The summed E-state index contributed by atoms with van der Waals surface area (Å²) in [6, 6.07) is 14.5. The van der Waals surface area contributed by atoms with Crippen molar-refractivity contribution in [2.75, 3.05) is 6.61 Å².